The highest BCUT2D eigenvalue weighted by atomic mass is 19.1. The molecule has 0 atom stereocenters. The Morgan fingerprint density at radius 3 is 2.72 bits per heavy atom. The zero-order valence-electron chi connectivity index (χ0n) is 10.3. The van der Waals surface area contributed by atoms with Crippen LogP contribution in [0.25, 0.3) is 0 Å². The van der Waals surface area contributed by atoms with Crippen LogP contribution >= 0.6 is 0 Å². The van der Waals surface area contributed by atoms with Crippen LogP contribution in [0.5, 0.6) is 0 Å². The van der Waals surface area contributed by atoms with Crippen LogP contribution < -0.4 is 11.1 Å². The number of piperidine rings is 1. The van der Waals surface area contributed by atoms with E-state index in [1.54, 1.807) is 11.0 Å². The summed E-state index contributed by atoms with van der Waals surface area (Å²) in [6, 6.07) is 4.10. The molecule has 0 bridgehead atoms. The molecule has 1 saturated heterocycles. The van der Waals surface area contributed by atoms with Crippen molar-refractivity contribution in [2.24, 2.45) is 5.73 Å². The molecule has 4 nitrogen and oxygen atoms in total. The second kappa shape index (κ2) is 5.82. The van der Waals surface area contributed by atoms with Crippen molar-refractivity contribution in [2.45, 2.75) is 25.8 Å². The second-order valence-corrected chi connectivity index (χ2v) is 4.48. The van der Waals surface area contributed by atoms with Gasteiger partial charge >= 0.3 is 6.03 Å². The number of carbonyl (C=O) groups is 1. The lowest BCUT2D eigenvalue weighted by molar-refractivity contribution is 0.200. The lowest BCUT2D eigenvalue weighted by Crippen LogP contribution is -2.38. The highest BCUT2D eigenvalue weighted by Crippen LogP contribution is 2.18. The van der Waals surface area contributed by atoms with Crippen LogP contribution in [0.3, 0.4) is 0 Å². The van der Waals surface area contributed by atoms with Gasteiger partial charge in [-0.15, -0.1) is 0 Å². The second-order valence-electron chi connectivity index (χ2n) is 4.48. The highest BCUT2D eigenvalue weighted by Gasteiger charge is 2.17. The molecule has 2 amide bonds. The van der Waals surface area contributed by atoms with E-state index in [2.05, 4.69) is 5.32 Å². The van der Waals surface area contributed by atoms with Crippen LogP contribution in [-0.4, -0.2) is 24.0 Å². The van der Waals surface area contributed by atoms with Crippen LogP contribution in [0.2, 0.25) is 0 Å². The molecular formula is C13H18FN3O. The first-order valence-electron chi connectivity index (χ1n) is 6.25. The molecule has 3 N–H and O–H groups in total. The van der Waals surface area contributed by atoms with Crippen molar-refractivity contribution in [1.82, 2.24) is 4.90 Å². The zero-order chi connectivity index (χ0) is 13.0. The summed E-state index contributed by atoms with van der Waals surface area (Å²) in [6.07, 6.45) is 3.26. The summed E-state index contributed by atoms with van der Waals surface area (Å²) in [4.78, 5) is 13.8. The lowest BCUT2D eigenvalue weighted by Gasteiger charge is -2.27. The molecule has 0 aliphatic carbocycles. The molecule has 2 rings (SSSR count). The molecule has 0 aromatic heterocycles. The van der Waals surface area contributed by atoms with Gasteiger partial charge in [-0.1, -0.05) is 0 Å². The number of nitrogens with two attached hydrogens (primary N) is 1. The van der Waals surface area contributed by atoms with Crippen LogP contribution in [0.4, 0.5) is 14.9 Å². The van der Waals surface area contributed by atoms with E-state index in [1.165, 1.54) is 18.6 Å². The topological polar surface area (TPSA) is 58.4 Å². The SMILES string of the molecule is NCc1cc(F)ccc1NC(=O)N1CCCCC1. The number of halogens is 1. The van der Waals surface area contributed by atoms with Gasteiger partial charge < -0.3 is 16.0 Å². The minimum Gasteiger partial charge on any atom is -0.326 e. The van der Waals surface area contributed by atoms with Gasteiger partial charge in [0.15, 0.2) is 0 Å². The molecule has 0 saturated carbocycles. The normalized spacial score (nSPS) is 15.6. The number of hydrogen-bond donors (Lipinski definition) is 2. The number of carbonyl (C=O) groups excluding carboxylic acids is 1. The van der Waals surface area contributed by atoms with Gasteiger partial charge in [0.2, 0.25) is 0 Å². The third-order valence-corrected chi connectivity index (χ3v) is 3.17. The monoisotopic (exact) mass is 251 g/mol. The molecule has 1 aliphatic rings. The van der Waals surface area contributed by atoms with Crippen molar-refractivity contribution in [3.05, 3.63) is 29.6 Å². The van der Waals surface area contributed by atoms with E-state index in [0.29, 0.717) is 11.3 Å². The lowest BCUT2D eigenvalue weighted by atomic mass is 10.1. The van der Waals surface area contributed by atoms with Gasteiger partial charge in [0.05, 0.1) is 0 Å². The molecular weight excluding hydrogens is 233 g/mol. The van der Waals surface area contributed by atoms with E-state index in [9.17, 15) is 9.18 Å². The Morgan fingerprint density at radius 1 is 1.33 bits per heavy atom. The number of nitrogens with zero attached hydrogens (tertiary/aromatic N) is 1. The Balaban J connectivity index is 2.06. The maximum Gasteiger partial charge on any atom is 0.321 e. The Kier molecular flexibility index (Phi) is 4.15. The van der Waals surface area contributed by atoms with Gasteiger partial charge in [0, 0.05) is 25.3 Å². The largest absolute Gasteiger partial charge is 0.326 e. The minimum atomic E-state index is -0.341. The van der Waals surface area contributed by atoms with Crippen LogP contribution in [-0.2, 0) is 6.54 Å². The third-order valence-electron chi connectivity index (χ3n) is 3.17. The standard InChI is InChI=1S/C13H18FN3O/c14-11-4-5-12(10(8-11)9-15)16-13(18)17-6-2-1-3-7-17/h4-5,8H,1-3,6-7,9,15H2,(H,16,18). The molecule has 0 radical (unpaired) electrons. The van der Waals surface area contributed by atoms with Gasteiger partial charge in [-0.2, -0.15) is 0 Å². The summed E-state index contributed by atoms with van der Waals surface area (Å²) in [7, 11) is 0. The van der Waals surface area contributed by atoms with Gasteiger partial charge in [0.1, 0.15) is 5.82 Å². The van der Waals surface area contributed by atoms with E-state index in [4.69, 9.17) is 5.73 Å². The maximum absolute atomic E-state index is 13.0. The molecule has 1 aromatic carbocycles. The van der Waals surface area contributed by atoms with Crippen molar-refractivity contribution in [2.75, 3.05) is 18.4 Å². The quantitative estimate of drug-likeness (QED) is 0.847. The average Bonchev–Trinajstić information content (AvgIpc) is 2.41. The van der Waals surface area contributed by atoms with E-state index < -0.39 is 0 Å². The van der Waals surface area contributed by atoms with Crippen LogP contribution in [0, 0.1) is 5.82 Å². The molecule has 0 spiro atoms. The van der Waals surface area contributed by atoms with Crippen LogP contribution in [0.1, 0.15) is 24.8 Å². The van der Waals surface area contributed by atoms with E-state index >= 15 is 0 Å². The summed E-state index contributed by atoms with van der Waals surface area (Å²) in [5.74, 6) is -0.341. The fourth-order valence-corrected chi connectivity index (χ4v) is 2.14. The van der Waals surface area contributed by atoms with Gasteiger partial charge in [0.25, 0.3) is 0 Å². The molecule has 5 heteroatoms. The van der Waals surface area contributed by atoms with Crippen LogP contribution in [0.15, 0.2) is 18.2 Å². The predicted molar refractivity (Wildman–Crippen MR) is 68.7 cm³/mol. The minimum absolute atomic E-state index is 0.129. The van der Waals surface area contributed by atoms with E-state index in [-0.39, 0.29) is 18.4 Å². The fourth-order valence-electron chi connectivity index (χ4n) is 2.14. The van der Waals surface area contributed by atoms with Gasteiger partial charge in [-0.05, 0) is 43.0 Å². The summed E-state index contributed by atoms with van der Waals surface area (Å²) >= 11 is 0. The predicted octanol–water partition coefficient (Wildman–Crippen LogP) is 2.30. The number of hydrogen-bond acceptors (Lipinski definition) is 2. The summed E-state index contributed by atoms with van der Waals surface area (Å²) in [5, 5.41) is 2.80. The number of anilines is 1. The Bertz CT molecular complexity index is 430. The Morgan fingerprint density at radius 2 is 2.06 bits per heavy atom. The first-order chi connectivity index (χ1) is 8.70. The number of rotatable bonds is 2. The van der Waals surface area contributed by atoms with E-state index in [1.807, 2.05) is 0 Å². The fraction of sp³-hybridized carbons (Fsp3) is 0.462. The Hall–Kier alpha value is -1.62. The van der Waals surface area contributed by atoms with E-state index in [0.717, 1.165) is 25.9 Å². The van der Waals surface area contributed by atoms with Gasteiger partial charge in [-0.3, -0.25) is 0 Å². The molecule has 1 heterocycles. The highest BCUT2D eigenvalue weighted by molar-refractivity contribution is 5.90. The van der Waals surface area contributed by atoms with Crippen molar-refractivity contribution < 1.29 is 9.18 Å². The van der Waals surface area contributed by atoms with Crippen molar-refractivity contribution in [3.63, 3.8) is 0 Å². The number of nitrogens with one attached hydrogen (secondary N) is 1. The average molecular weight is 251 g/mol. The Labute approximate surface area is 106 Å². The smallest absolute Gasteiger partial charge is 0.321 e. The summed E-state index contributed by atoms with van der Waals surface area (Å²) < 4.78 is 13.0. The van der Waals surface area contributed by atoms with Crippen molar-refractivity contribution >= 4 is 11.7 Å². The molecule has 98 valence electrons. The molecule has 1 aliphatic heterocycles. The molecule has 1 fully saturated rings. The summed E-state index contributed by atoms with van der Waals surface area (Å²) in [6.45, 7) is 1.77. The third kappa shape index (κ3) is 2.98. The first-order valence-corrected chi connectivity index (χ1v) is 6.25. The molecule has 0 unspecified atom stereocenters. The van der Waals surface area contributed by atoms with Gasteiger partial charge in [-0.25, -0.2) is 9.18 Å². The van der Waals surface area contributed by atoms with Crippen molar-refractivity contribution in [3.8, 4) is 0 Å². The number of likely N-dealkylation sites (tertiary alicyclic amines) is 1. The number of urea groups is 1. The molecule has 18 heavy (non-hydrogen) atoms. The van der Waals surface area contributed by atoms with Crippen molar-refractivity contribution in [1.29, 1.82) is 0 Å². The maximum atomic E-state index is 13.0. The summed E-state index contributed by atoms with van der Waals surface area (Å²) in [5.41, 5.74) is 6.75. The zero-order valence-corrected chi connectivity index (χ0v) is 10.3. The number of benzene rings is 1. The molecule has 1 aromatic rings. The first kappa shape index (κ1) is 12.8. The number of amides is 2.